The van der Waals surface area contributed by atoms with Gasteiger partial charge in [-0.15, -0.1) is 0 Å². The number of pyridine rings is 1. The van der Waals surface area contributed by atoms with Crippen molar-refractivity contribution in [2.24, 2.45) is 0 Å². The second-order valence-electron chi connectivity index (χ2n) is 5.70. The van der Waals surface area contributed by atoms with Gasteiger partial charge in [0, 0.05) is 19.3 Å². The van der Waals surface area contributed by atoms with Gasteiger partial charge in [-0.25, -0.2) is 9.67 Å². The number of ether oxygens (including phenoxy) is 1. The Morgan fingerprint density at radius 1 is 1.19 bits per heavy atom. The Hall–Kier alpha value is -1.88. The van der Waals surface area contributed by atoms with E-state index in [1.54, 1.807) is 0 Å². The van der Waals surface area contributed by atoms with Crippen LogP contribution in [0.4, 0.5) is 5.69 Å². The van der Waals surface area contributed by atoms with Crippen molar-refractivity contribution in [3.8, 4) is 11.4 Å². The summed E-state index contributed by atoms with van der Waals surface area (Å²) in [6, 6.07) is 6.24. The fourth-order valence-electron chi connectivity index (χ4n) is 3.14. The minimum Gasteiger partial charge on any atom is -0.384 e. The first-order valence-corrected chi connectivity index (χ1v) is 7.81. The Kier molecular flexibility index (Phi) is 3.35. The van der Waals surface area contributed by atoms with Crippen molar-refractivity contribution in [1.82, 2.24) is 14.8 Å². The summed E-state index contributed by atoms with van der Waals surface area (Å²) in [5.74, 6) is 0. The second kappa shape index (κ2) is 5.48. The Balaban J connectivity index is 1.68. The normalized spacial score (nSPS) is 21.6. The molecule has 0 saturated carbocycles. The molecule has 21 heavy (non-hydrogen) atoms. The summed E-state index contributed by atoms with van der Waals surface area (Å²) in [6.07, 6.45) is 7.47. The van der Waals surface area contributed by atoms with E-state index in [4.69, 9.17) is 9.72 Å². The molecule has 1 fully saturated rings. The maximum Gasteiger partial charge on any atom is 0.150 e. The molecule has 0 bridgehead atoms. The summed E-state index contributed by atoms with van der Waals surface area (Å²) in [5, 5.41) is 7.87. The first-order chi connectivity index (χ1) is 10.4. The molecule has 1 N–H and O–H groups in total. The lowest BCUT2D eigenvalue weighted by molar-refractivity contribution is -0.0384. The van der Waals surface area contributed by atoms with Gasteiger partial charge in [-0.05, 0) is 50.3 Å². The van der Waals surface area contributed by atoms with Crippen LogP contribution in [0.1, 0.15) is 37.6 Å². The van der Waals surface area contributed by atoms with Crippen LogP contribution in [0, 0.1) is 0 Å². The van der Waals surface area contributed by atoms with Gasteiger partial charge in [0.15, 0.2) is 6.23 Å². The van der Waals surface area contributed by atoms with Gasteiger partial charge in [0.2, 0.25) is 0 Å². The minimum atomic E-state index is 0.0553. The van der Waals surface area contributed by atoms with Gasteiger partial charge < -0.3 is 10.1 Å². The smallest absolute Gasteiger partial charge is 0.150 e. The summed E-state index contributed by atoms with van der Waals surface area (Å²) >= 11 is 0. The van der Waals surface area contributed by atoms with E-state index < -0.39 is 0 Å². The van der Waals surface area contributed by atoms with Crippen molar-refractivity contribution >= 4 is 5.69 Å². The van der Waals surface area contributed by atoms with Crippen molar-refractivity contribution in [3.05, 3.63) is 30.1 Å². The van der Waals surface area contributed by atoms with E-state index in [0.29, 0.717) is 0 Å². The molecule has 0 spiro atoms. The SMILES string of the molecule is c1cc(-c2ccc3c(n2)CCCN3)n(C2CCCCO2)n1. The zero-order valence-corrected chi connectivity index (χ0v) is 12.1. The van der Waals surface area contributed by atoms with E-state index in [9.17, 15) is 0 Å². The first-order valence-electron chi connectivity index (χ1n) is 7.81. The molecule has 4 heterocycles. The van der Waals surface area contributed by atoms with Crippen molar-refractivity contribution in [3.63, 3.8) is 0 Å². The van der Waals surface area contributed by atoms with E-state index in [1.807, 2.05) is 16.9 Å². The lowest BCUT2D eigenvalue weighted by Gasteiger charge is -2.24. The van der Waals surface area contributed by atoms with Crippen LogP contribution in [0.15, 0.2) is 24.4 Å². The highest BCUT2D eigenvalue weighted by Crippen LogP contribution is 2.29. The summed E-state index contributed by atoms with van der Waals surface area (Å²) in [5.41, 5.74) is 4.38. The molecular formula is C16H20N4O. The molecule has 0 amide bonds. The highest BCUT2D eigenvalue weighted by atomic mass is 16.5. The highest BCUT2D eigenvalue weighted by Gasteiger charge is 2.20. The predicted molar refractivity (Wildman–Crippen MR) is 81.1 cm³/mol. The third kappa shape index (κ3) is 2.42. The van der Waals surface area contributed by atoms with Crippen LogP contribution < -0.4 is 5.32 Å². The van der Waals surface area contributed by atoms with E-state index >= 15 is 0 Å². The Labute approximate surface area is 124 Å². The van der Waals surface area contributed by atoms with Crippen molar-refractivity contribution in [2.75, 3.05) is 18.5 Å². The molecule has 5 heteroatoms. The molecule has 0 aliphatic carbocycles. The van der Waals surface area contributed by atoms with Gasteiger partial charge >= 0.3 is 0 Å². The average Bonchev–Trinajstić information content (AvgIpc) is 3.05. The molecule has 110 valence electrons. The van der Waals surface area contributed by atoms with Gasteiger partial charge in [-0.1, -0.05) is 0 Å². The largest absolute Gasteiger partial charge is 0.384 e. The summed E-state index contributed by atoms with van der Waals surface area (Å²) in [4.78, 5) is 4.83. The summed E-state index contributed by atoms with van der Waals surface area (Å²) < 4.78 is 7.85. The molecule has 2 aliphatic rings. The maximum atomic E-state index is 5.86. The molecule has 0 aromatic carbocycles. The molecule has 5 nitrogen and oxygen atoms in total. The van der Waals surface area contributed by atoms with Gasteiger partial charge in [0.25, 0.3) is 0 Å². The Bertz CT molecular complexity index is 631. The molecule has 2 aliphatic heterocycles. The van der Waals surface area contributed by atoms with Gasteiger partial charge in [-0.2, -0.15) is 5.10 Å². The highest BCUT2D eigenvalue weighted by molar-refractivity contribution is 5.60. The average molecular weight is 284 g/mol. The van der Waals surface area contributed by atoms with E-state index in [1.165, 1.54) is 12.1 Å². The van der Waals surface area contributed by atoms with Crippen LogP contribution in [-0.4, -0.2) is 27.9 Å². The molecule has 4 rings (SSSR count). The number of nitrogens with one attached hydrogen (secondary N) is 1. The quantitative estimate of drug-likeness (QED) is 0.921. The van der Waals surface area contributed by atoms with Gasteiger partial charge in [-0.3, -0.25) is 0 Å². The topological polar surface area (TPSA) is 52.0 Å². The number of hydrogen-bond acceptors (Lipinski definition) is 4. The van der Waals surface area contributed by atoms with Crippen molar-refractivity contribution in [2.45, 2.75) is 38.3 Å². The van der Waals surface area contributed by atoms with E-state index in [-0.39, 0.29) is 6.23 Å². The van der Waals surface area contributed by atoms with Crippen molar-refractivity contribution in [1.29, 1.82) is 0 Å². The Morgan fingerprint density at radius 2 is 2.19 bits per heavy atom. The number of hydrogen-bond donors (Lipinski definition) is 1. The number of anilines is 1. The third-order valence-electron chi connectivity index (χ3n) is 4.24. The third-order valence-corrected chi connectivity index (χ3v) is 4.24. The monoisotopic (exact) mass is 284 g/mol. The standard InChI is InChI=1S/C16H20N4O/c1-2-11-21-16(5-1)20-15(8-10-18-20)14-7-6-12-13(19-14)4-3-9-17-12/h6-8,10,16-17H,1-5,9,11H2. The van der Waals surface area contributed by atoms with Crippen LogP contribution in [0.2, 0.25) is 0 Å². The number of nitrogens with zero attached hydrogens (tertiary/aromatic N) is 3. The summed E-state index contributed by atoms with van der Waals surface area (Å²) in [7, 11) is 0. The van der Waals surface area contributed by atoms with E-state index in [0.717, 1.165) is 55.9 Å². The fraction of sp³-hybridized carbons (Fsp3) is 0.500. The zero-order valence-electron chi connectivity index (χ0n) is 12.1. The van der Waals surface area contributed by atoms with Crippen LogP contribution in [0.5, 0.6) is 0 Å². The predicted octanol–water partition coefficient (Wildman–Crippen LogP) is 3.00. The van der Waals surface area contributed by atoms with Crippen molar-refractivity contribution < 1.29 is 4.74 Å². The molecule has 0 radical (unpaired) electrons. The molecule has 2 aromatic rings. The summed E-state index contributed by atoms with van der Waals surface area (Å²) in [6.45, 7) is 1.87. The molecule has 1 atom stereocenters. The van der Waals surface area contributed by atoms with Gasteiger partial charge in [0.05, 0.1) is 22.8 Å². The number of rotatable bonds is 2. The molecule has 1 unspecified atom stereocenters. The van der Waals surface area contributed by atoms with Gasteiger partial charge in [0.1, 0.15) is 0 Å². The zero-order chi connectivity index (χ0) is 14.1. The fourth-order valence-corrected chi connectivity index (χ4v) is 3.14. The van der Waals surface area contributed by atoms with E-state index in [2.05, 4.69) is 22.5 Å². The lowest BCUT2D eigenvalue weighted by Crippen LogP contribution is -2.20. The molecular weight excluding hydrogens is 264 g/mol. The van der Waals surface area contributed by atoms with Crippen LogP contribution in [0.3, 0.4) is 0 Å². The first kappa shape index (κ1) is 12.8. The second-order valence-corrected chi connectivity index (χ2v) is 5.70. The van der Waals surface area contributed by atoms with Crippen LogP contribution in [-0.2, 0) is 11.2 Å². The number of fused-ring (bicyclic) bond motifs is 1. The Morgan fingerprint density at radius 3 is 3.10 bits per heavy atom. The number of aromatic nitrogens is 3. The molecule has 2 aromatic heterocycles. The minimum absolute atomic E-state index is 0.0553. The maximum absolute atomic E-state index is 5.86. The number of aryl methyl sites for hydroxylation is 1. The van der Waals surface area contributed by atoms with Crippen LogP contribution >= 0.6 is 0 Å². The molecule has 1 saturated heterocycles. The lowest BCUT2D eigenvalue weighted by atomic mass is 10.1. The van der Waals surface area contributed by atoms with Crippen LogP contribution in [0.25, 0.3) is 11.4 Å².